The average Bonchev–Trinajstić information content (AvgIpc) is 2.04. The van der Waals surface area contributed by atoms with Gasteiger partial charge < -0.3 is 0 Å². The van der Waals surface area contributed by atoms with E-state index in [4.69, 9.17) is 5.21 Å². The smallest absolute Gasteiger partial charge is 0.0737 e. The van der Waals surface area contributed by atoms with E-state index < -0.39 is 0 Å². The third-order valence-corrected chi connectivity index (χ3v) is 2.02. The lowest BCUT2D eigenvalue weighted by molar-refractivity contribution is 0.387. The summed E-state index contributed by atoms with van der Waals surface area (Å²) in [5.74, 6) is 0. The number of benzene rings is 1. The lowest BCUT2D eigenvalue weighted by atomic mass is 10.3. The van der Waals surface area contributed by atoms with Crippen LogP contribution in [0.3, 0.4) is 0 Å². The first-order chi connectivity index (χ1) is 4.88. The largest absolute Gasteiger partial charge is 0.291 e. The van der Waals surface area contributed by atoms with E-state index >= 15 is 0 Å². The summed E-state index contributed by atoms with van der Waals surface area (Å²) in [5, 5.41) is 8.59. The highest BCUT2D eigenvalue weighted by Gasteiger charge is 1.95. The molecule has 0 aliphatic heterocycles. The number of thioether (sulfide) groups is 1. The standard InChI is InChI=1S/C7H9NOS/c1-10-7-5-3-2-4-6(7)8-9/h2-5,8-9H,1H3. The molecular weight excluding hydrogens is 146 g/mol. The SMILES string of the molecule is CSc1ccccc1NO. The molecule has 0 aliphatic carbocycles. The molecular formula is C7H9NOS. The third-order valence-electron chi connectivity index (χ3n) is 1.23. The molecule has 54 valence electrons. The Labute approximate surface area is 64.2 Å². The van der Waals surface area contributed by atoms with Crippen molar-refractivity contribution >= 4 is 17.4 Å². The lowest BCUT2D eigenvalue weighted by Gasteiger charge is -2.02. The summed E-state index contributed by atoms with van der Waals surface area (Å²) in [7, 11) is 0. The van der Waals surface area contributed by atoms with Crippen molar-refractivity contribution in [3.8, 4) is 0 Å². The summed E-state index contributed by atoms with van der Waals surface area (Å²) in [6.45, 7) is 0. The molecule has 0 amide bonds. The molecule has 0 heterocycles. The Morgan fingerprint density at radius 3 is 2.60 bits per heavy atom. The van der Waals surface area contributed by atoms with Crippen molar-refractivity contribution in [1.82, 2.24) is 0 Å². The molecule has 0 fully saturated rings. The monoisotopic (exact) mass is 155 g/mol. The van der Waals surface area contributed by atoms with Crippen LogP contribution in [0.25, 0.3) is 0 Å². The van der Waals surface area contributed by atoms with E-state index in [0.29, 0.717) is 0 Å². The van der Waals surface area contributed by atoms with Gasteiger partial charge in [-0.05, 0) is 18.4 Å². The maximum absolute atomic E-state index is 8.59. The summed E-state index contributed by atoms with van der Waals surface area (Å²) in [6.07, 6.45) is 1.97. The second-order valence-corrected chi connectivity index (χ2v) is 2.66. The minimum atomic E-state index is 0.759. The Hall–Kier alpha value is -0.670. The number of nitrogens with one attached hydrogen (secondary N) is 1. The molecule has 0 atom stereocenters. The van der Waals surface area contributed by atoms with Gasteiger partial charge in [0.25, 0.3) is 0 Å². The second-order valence-electron chi connectivity index (χ2n) is 1.81. The molecule has 1 aromatic carbocycles. The zero-order valence-electron chi connectivity index (χ0n) is 5.66. The van der Waals surface area contributed by atoms with Crippen LogP contribution in [-0.4, -0.2) is 11.5 Å². The van der Waals surface area contributed by atoms with Crippen LogP contribution in [0.1, 0.15) is 0 Å². The van der Waals surface area contributed by atoms with Crippen molar-refractivity contribution in [2.24, 2.45) is 0 Å². The predicted molar refractivity (Wildman–Crippen MR) is 43.6 cm³/mol. The first-order valence-electron chi connectivity index (χ1n) is 2.91. The fourth-order valence-corrected chi connectivity index (χ4v) is 1.29. The van der Waals surface area contributed by atoms with Crippen LogP contribution in [0.4, 0.5) is 5.69 Å². The number of anilines is 1. The van der Waals surface area contributed by atoms with Crippen molar-refractivity contribution in [3.63, 3.8) is 0 Å². The van der Waals surface area contributed by atoms with Crippen LogP contribution >= 0.6 is 11.8 Å². The first-order valence-corrected chi connectivity index (χ1v) is 4.14. The summed E-state index contributed by atoms with van der Waals surface area (Å²) in [6, 6.07) is 7.58. The molecule has 0 bridgehead atoms. The maximum Gasteiger partial charge on any atom is 0.0737 e. The maximum atomic E-state index is 8.59. The second kappa shape index (κ2) is 3.49. The quantitative estimate of drug-likeness (QED) is 0.507. The molecule has 0 saturated carbocycles. The number of hydrogen-bond donors (Lipinski definition) is 2. The molecule has 0 aromatic heterocycles. The van der Waals surface area contributed by atoms with E-state index in [-0.39, 0.29) is 0 Å². The zero-order chi connectivity index (χ0) is 7.40. The molecule has 0 spiro atoms. The van der Waals surface area contributed by atoms with E-state index in [2.05, 4.69) is 5.48 Å². The summed E-state index contributed by atoms with van der Waals surface area (Å²) in [4.78, 5) is 1.05. The van der Waals surface area contributed by atoms with Crippen molar-refractivity contribution < 1.29 is 5.21 Å². The van der Waals surface area contributed by atoms with Gasteiger partial charge in [0.15, 0.2) is 0 Å². The molecule has 0 radical (unpaired) electrons. The van der Waals surface area contributed by atoms with Crippen LogP contribution in [0.5, 0.6) is 0 Å². The number of para-hydroxylation sites is 1. The minimum absolute atomic E-state index is 0.759. The minimum Gasteiger partial charge on any atom is -0.291 e. The van der Waals surface area contributed by atoms with Gasteiger partial charge in [0.1, 0.15) is 0 Å². The number of hydrogen-bond acceptors (Lipinski definition) is 3. The molecule has 1 aromatic rings. The fourth-order valence-electron chi connectivity index (χ4n) is 0.737. The van der Waals surface area contributed by atoms with E-state index in [1.165, 1.54) is 0 Å². The van der Waals surface area contributed by atoms with Crippen LogP contribution in [0.2, 0.25) is 0 Å². The molecule has 2 nitrogen and oxygen atoms in total. The van der Waals surface area contributed by atoms with Gasteiger partial charge in [-0.3, -0.25) is 10.7 Å². The Morgan fingerprint density at radius 1 is 1.40 bits per heavy atom. The summed E-state index contributed by atoms with van der Waals surface area (Å²) >= 11 is 1.60. The lowest BCUT2D eigenvalue weighted by Crippen LogP contribution is -1.89. The van der Waals surface area contributed by atoms with E-state index in [1.54, 1.807) is 11.8 Å². The Balaban J connectivity index is 2.96. The summed E-state index contributed by atoms with van der Waals surface area (Å²) in [5.41, 5.74) is 2.88. The Bertz CT molecular complexity index is 192. The van der Waals surface area contributed by atoms with Gasteiger partial charge in [0, 0.05) is 4.90 Å². The van der Waals surface area contributed by atoms with E-state index in [1.807, 2.05) is 30.5 Å². The van der Waals surface area contributed by atoms with Crippen LogP contribution < -0.4 is 5.48 Å². The van der Waals surface area contributed by atoms with Crippen molar-refractivity contribution in [3.05, 3.63) is 24.3 Å². The fraction of sp³-hybridized carbons (Fsp3) is 0.143. The van der Waals surface area contributed by atoms with Crippen molar-refractivity contribution in [1.29, 1.82) is 0 Å². The molecule has 2 N–H and O–H groups in total. The van der Waals surface area contributed by atoms with E-state index in [9.17, 15) is 0 Å². The third kappa shape index (κ3) is 1.43. The van der Waals surface area contributed by atoms with Gasteiger partial charge >= 0.3 is 0 Å². The normalized spacial score (nSPS) is 9.40. The van der Waals surface area contributed by atoms with Gasteiger partial charge in [0.05, 0.1) is 5.69 Å². The molecule has 0 unspecified atom stereocenters. The van der Waals surface area contributed by atoms with Crippen molar-refractivity contribution in [2.45, 2.75) is 4.90 Å². The molecule has 1 rings (SSSR count). The molecule has 0 aliphatic rings. The van der Waals surface area contributed by atoms with E-state index in [0.717, 1.165) is 10.6 Å². The zero-order valence-corrected chi connectivity index (χ0v) is 6.48. The van der Waals surface area contributed by atoms with Gasteiger partial charge in [-0.1, -0.05) is 12.1 Å². The molecule has 3 heteroatoms. The van der Waals surface area contributed by atoms with Gasteiger partial charge in [0.2, 0.25) is 0 Å². The Kier molecular flexibility index (Phi) is 2.59. The molecule has 0 saturated heterocycles. The van der Waals surface area contributed by atoms with Crippen molar-refractivity contribution in [2.75, 3.05) is 11.7 Å². The summed E-state index contributed by atoms with van der Waals surface area (Å²) < 4.78 is 0. The van der Waals surface area contributed by atoms with Crippen LogP contribution in [0, 0.1) is 0 Å². The van der Waals surface area contributed by atoms with Crippen LogP contribution in [-0.2, 0) is 0 Å². The highest BCUT2D eigenvalue weighted by molar-refractivity contribution is 7.98. The van der Waals surface area contributed by atoms with Gasteiger partial charge in [-0.25, -0.2) is 0 Å². The van der Waals surface area contributed by atoms with Crippen LogP contribution in [0.15, 0.2) is 29.2 Å². The predicted octanol–water partition coefficient (Wildman–Crippen LogP) is 2.21. The van der Waals surface area contributed by atoms with Gasteiger partial charge in [-0.2, -0.15) is 0 Å². The Morgan fingerprint density at radius 2 is 2.10 bits per heavy atom. The highest BCUT2D eigenvalue weighted by Crippen LogP contribution is 2.23. The first kappa shape index (κ1) is 7.44. The average molecular weight is 155 g/mol. The molecule has 10 heavy (non-hydrogen) atoms. The highest BCUT2D eigenvalue weighted by atomic mass is 32.2. The number of rotatable bonds is 2. The topological polar surface area (TPSA) is 32.3 Å². The van der Waals surface area contributed by atoms with Gasteiger partial charge in [-0.15, -0.1) is 11.8 Å².